The van der Waals surface area contributed by atoms with Crippen LogP contribution in [0.15, 0.2) is 0 Å². The van der Waals surface area contributed by atoms with E-state index in [0.717, 1.165) is 38.5 Å². The first-order chi connectivity index (χ1) is 16.3. The van der Waals surface area contributed by atoms with E-state index in [9.17, 15) is 35.4 Å². The Labute approximate surface area is 199 Å². The summed E-state index contributed by atoms with van der Waals surface area (Å²) in [5.41, 5.74) is 0. The van der Waals surface area contributed by atoms with Crippen LogP contribution in [0.3, 0.4) is 0 Å². The molecule has 2 fully saturated rings. The minimum atomic E-state index is -1.59. The topological polar surface area (TPSA) is 185 Å². The van der Waals surface area contributed by atoms with Crippen molar-refractivity contribution in [3.8, 4) is 0 Å². The third-order valence-electron chi connectivity index (χ3n) is 6.14. The van der Waals surface area contributed by atoms with Crippen LogP contribution >= 0.6 is 0 Å². The lowest BCUT2D eigenvalue weighted by Gasteiger charge is -2.44. The van der Waals surface area contributed by atoms with Gasteiger partial charge in [0.05, 0.1) is 26.4 Å². The fourth-order valence-electron chi connectivity index (χ4n) is 4.01. The van der Waals surface area contributed by atoms with Crippen molar-refractivity contribution in [3.63, 3.8) is 0 Å². The largest absolute Gasteiger partial charge is 0.469 e. The van der Waals surface area contributed by atoms with E-state index >= 15 is 0 Å². The summed E-state index contributed by atoms with van der Waals surface area (Å²) in [6.07, 6.45) is -5.24. The third kappa shape index (κ3) is 8.63. The molecule has 34 heavy (non-hydrogen) atoms. The molecule has 0 radical (unpaired) electrons. The zero-order valence-corrected chi connectivity index (χ0v) is 19.6. The summed E-state index contributed by atoms with van der Waals surface area (Å²) < 4.78 is 27.2. The molecule has 2 aliphatic rings. The van der Waals surface area contributed by atoms with Gasteiger partial charge in [-0.05, 0) is 12.8 Å². The van der Waals surface area contributed by atoms with Crippen LogP contribution in [-0.4, -0.2) is 119 Å². The maximum atomic E-state index is 11.1. The fourth-order valence-corrected chi connectivity index (χ4v) is 4.01. The first-order valence-corrected chi connectivity index (χ1v) is 11.9. The Hall–Kier alpha value is -0.930. The molecule has 0 bridgehead atoms. The molecule has 0 aromatic heterocycles. The molecule has 0 amide bonds. The Morgan fingerprint density at radius 2 is 1.44 bits per heavy atom. The Bertz CT molecular complexity index is 576. The molecule has 12 heteroatoms. The summed E-state index contributed by atoms with van der Waals surface area (Å²) in [5, 5.41) is 59.2. The number of hydrogen-bond acceptors (Lipinski definition) is 12. The molecule has 0 saturated carbocycles. The van der Waals surface area contributed by atoms with Gasteiger partial charge in [0.15, 0.2) is 12.6 Å². The van der Waals surface area contributed by atoms with Gasteiger partial charge in [0, 0.05) is 19.4 Å². The van der Waals surface area contributed by atoms with E-state index in [1.807, 2.05) is 0 Å². The van der Waals surface area contributed by atoms with E-state index in [-0.39, 0.29) is 12.4 Å². The van der Waals surface area contributed by atoms with Gasteiger partial charge in [0.1, 0.15) is 36.6 Å². The van der Waals surface area contributed by atoms with E-state index in [1.54, 1.807) is 0 Å². The molecule has 2 saturated heterocycles. The summed E-state index contributed by atoms with van der Waals surface area (Å²) in [6.45, 7) is -0.682. The minimum absolute atomic E-state index is 0.0190. The maximum absolute atomic E-state index is 11.1. The van der Waals surface area contributed by atoms with Crippen molar-refractivity contribution in [2.45, 2.75) is 107 Å². The third-order valence-corrected chi connectivity index (χ3v) is 6.14. The summed E-state index contributed by atoms with van der Waals surface area (Å²) in [4.78, 5) is 11.1. The molecular weight excluding hydrogens is 456 g/mol. The van der Waals surface area contributed by atoms with Gasteiger partial charge in [-0.2, -0.15) is 0 Å². The zero-order valence-electron chi connectivity index (χ0n) is 19.6. The Morgan fingerprint density at radius 1 is 0.824 bits per heavy atom. The van der Waals surface area contributed by atoms with Crippen LogP contribution in [0.5, 0.6) is 0 Å². The van der Waals surface area contributed by atoms with Crippen LogP contribution < -0.4 is 0 Å². The Morgan fingerprint density at radius 3 is 2.09 bits per heavy atom. The summed E-state index contributed by atoms with van der Waals surface area (Å²) >= 11 is 0. The van der Waals surface area contributed by atoms with Gasteiger partial charge >= 0.3 is 5.97 Å². The molecule has 2 aliphatic heterocycles. The van der Waals surface area contributed by atoms with E-state index in [0.29, 0.717) is 13.0 Å². The number of unbranched alkanes of at least 4 members (excludes halogenated alkanes) is 5. The molecular formula is C22H40O12. The number of ether oxygens (including phenoxy) is 5. The van der Waals surface area contributed by atoms with Crippen LogP contribution in [0.25, 0.3) is 0 Å². The van der Waals surface area contributed by atoms with Crippen molar-refractivity contribution >= 4 is 5.97 Å². The fraction of sp³-hybridized carbons (Fsp3) is 0.955. The quantitative estimate of drug-likeness (QED) is 0.122. The maximum Gasteiger partial charge on any atom is 0.305 e. The molecule has 6 N–H and O–H groups in total. The lowest BCUT2D eigenvalue weighted by molar-refractivity contribution is -0.350. The van der Waals surface area contributed by atoms with E-state index < -0.39 is 68.5 Å². The monoisotopic (exact) mass is 496 g/mol. The first-order valence-electron chi connectivity index (χ1n) is 11.9. The van der Waals surface area contributed by atoms with E-state index in [4.69, 9.17) is 18.9 Å². The van der Waals surface area contributed by atoms with E-state index in [1.165, 1.54) is 7.11 Å². The Kier molecular flexibility index (Phi) is 13.1. The van der Waals surface area contributed by atoms with Crippen molar-refractivity contribution in [2.24, 2.45) is 0 Å². The second kappa shape index (κ2) is 15.2. The highest BCUT2D eigenvalue weighted by atomic mass is 16.7. The van der Waals surface area contributed by atoms with Gasteiger partial charge < -0.3 is 54.3 Å². The van der Waals surface area contributed by atoms with Crippen LogP contribution in [0.2, 0.25) is 0 Å². The molecule has 2 heterocycles. The zero-order chi connectivity index (χ0) is 25.1. The van der Waals surface area contributed by atoms with Crippen LogP contribution in [0.1, 0.15) is 51.4 Å². The highest BCUT2D eigenvalue weighted by Crippen LogP contribution is 2.29. The first kappa shape index (κ1) is 29.3. The average Bonchev–Trinajstić information content (AvgIpc) is 2.83. The standard InChI is InChI=1S/C22H40O12/c1-30-17(26)8-6-4-2-3-5-7-9-31-21-14(10-13(25)15(11-23)33-21)32-22-20(29)19(28)18(27)16(12-24)34-22/h13-16,18-25,27-29H,2-12H2,1H3/t13-,14-,15-,16?,18?,19?,20?,21+,22?/m1/s1. The second-order valence-corrected chi connectivity index (χ2v) is 8.72. The van der Waals surface area contributed by atoms with Crippen molar-refractivity contribution in [3.05, 3.63) is 0 Å². The number of esters is 1. The number of carbonyl (C=O) groups is 1. The number of aliphatic hydroxyl groups excluding tert-OH is 6. The predicted octanol–water partition coefficient (Wildman–Crippen LogP) is -1.44. The molecule has 12 nitrogen and oxygen atoms in total. The molecule has 0 aromatic carbocycles. The highest BCUT2D eigenvalue weighted by molar-refractivity contribution is 5.68. The molecule has 0 aliphatic carbocycles. The molecule has 200 valence electrons. The van der Waals surface area contributed by atoms with E-state index in [2.05, 4.69) is 4.74 Å². The van der Waals surface area contributed by atoms with Crippen LogP contribution in [0, 0.1) is 0 Å². The van der Waals surface area contributed by atoms with Gasteiger partial charge in [-0.3, -0.25) is 4.79 Å². The van der Waals surface area contributed by atoms with Crippen molar-refractivity contribution in [1.82, 2.24) is 0 Å². The minimum Gasteiger partial charge on any atom is -0.469 e. The number of methoxy groups -OCH3 is 1. The van der Waals surface area contributed by atoms with Gasteiger partial charge in [0.25, 0.3) is 0 Å². The summed E-state index contributed by atoms with van der Waals surface area (Å²) in [5.74, 6) is -0.201. The molecule has 0 aromatic rings. The Balaban J connectivity index is 1.80. The normalized spacial score (nSPS) is 36.4. The van der Waals surface area contributed by atoms with Gasteiger partial charge in [-0.1, -0.05) is 25.7 Å². The molecule has 0 spiro atoms. The number of rotatable bonds is 14. The van der Waals surface area contributed by atoms with Crippen molar-refractivity contribution in [1.29, 1.82) is 0 Å². The SMILES string of the molecule is COC(=O)CCCCCCCCO[C@H]1O[C@H](CO)[C@H](O)C[C@H]1OC1OC(CO)C(O)C(O)C1O. The second-order valence-electron chi connectivity index (χ2n) is 8.72. The smallest absolute Gasteiger partial charge is 0.305 e. The summed E-state index contributed by atoms with van der Waals surface area (Å²) in [6, 6.07) is 0. The highest BCUT2D eigenvalue weighted by Gasteiger charge is 2.47. The lowest BCUT2D eigenvalue weighted by atomic mass is 9.98. The number of aliphatic hydroxyl groups is 6. The lowest BCUT2D eigenvalue weighted by Crippen LogP contribution is -2.61. The van der Waals surface area contributed by atoms with Crippen LogP contribution in [-0.2, 0) is 28.5 Å². The van der Waals surface area contributed by atoms with Gasteiger partial charge in [0.2, 0.25) is 0 Å². The number of carbonyl (C=O) groups excluding carboxylic acids is 1. The summed E-state index contributed by atoms with van der Waals surface area (Å²) in [7, 11) is 1.38. The molecule has 9 atom stereocenters. The predicted molar refractivity (Wildman–Crippen MR) is 115 cm³/mol. The molecule has 5 unspecified atom stereocenters. The van der Waals surface area contributed by atoms with Crippen molar-refractivity contribution < 1.29 is 59.1 Å². The number of hydrogen-bond donors (Lipinski definition) is 6. The van der Waals surface area contributed by atoms with Gasteiger partial charge in [-0.15, -0.1) is 0 Å². The van der Waals surface area contributed by atoms with Gasteiger partial charge in [-0.25, -0.2) is 0 Å². The van der Waals surface area contributed by atoms with Crippen molar-refractivity contribution in [2.75, 3.05) is 26.9 Å². The van der Waals surface area contributed by atoms with Crippen LogP contribution in [0.4, 0.5) is 0 Å². The molecule has 2 rings (SSSR count). The average molecular weight is 497 g/mol.